The van der Waals surface area contributed by atoms with E-state index in [9.17, 15) is 13.2 Å². The third-order valence-electron chi connectivity index (χ3n) is 7.61. The van der Waals surface area contributed by atoms with Gasteiger partial charge in [-0.25, -0.2) is 8.42 Å². The van der Waals surface area contributed by atoms with Gasteiger partial charge >= 0.3 is 0 Å². The molecular formula is C29H30N2O3S2. The Labute approximate surface area is 217 Å². The van der Waals surface area contributed by atoms with E-state index in [1.807, 2.05) is 54.2 Å². The fraction of sp³-hybridized carbons (Fsp3) is 0.345. The molecular weight excluding hydrogens is 488 g/mol. The van der Waals surface area contributed by atoms with Crippen LogP contribution in [0.15, 0.2) is 76.5 Å². The van der Waals surface area contributed by atoms with Gasteiger partial charge in [0.2, 0.25) is 10.0 Å². The van der Waals surface area contributed by atoms with Gasteiger partial charge in [0.15, 0.2) is 5.78 Å². The molecule has 5 nitrogen and oxygen atoms in total. The Morgan fingerprint density at radius 3 is 2.11 bits per heavy atom. The molecule has 2 aliphatic carbocycles. The van der Waals surface area contributed by atoms with Gasteiger partial charge in [-0.1, -0.05) is 49.6 Å². The van der Waals surface area contributed by atoms with Crippen molar-refractivity contribution in [2.24, 2.45) is 0 Å². The number of hydrogen-bond acceptors (Lipinski definition) is 5. The molecule has 186 valence electrons. The van der Waals surface area contributed by atoms with Crippen LogP contribution in [0, 0.1) is 0 Å². The molecule has 0 radical (unpaired) electrons. The van der Waals surface area contributed by atoms with Gasteiger partial charge in [0.25, 0.3) is 0 Å². The molecule has 0 unspecified atom stereocenters. The van der Waals surface area contributed by atoms with Crippen LogP contribution in [0.4, 0.5) is 5.69 Å². The van der Waals surface area contributed by atoms with E-state index in [0.29, 0.717) is 42.6 Å². The number of rotatable bonds is 5. The van der Waals surface area contributed by atoms with Crippen LogP contribution in [-0.4, -0.2) is 49.9 Å². The van der Waals surface area contributed by atoms with Gasteiger partial charge in [-0.2, -0.15) is 4.31 Å². The zero-order valence-electron chi connectivity index (χ0n) is 20.2. The second-order valence-electron chi connectivity index (χ2n) is 9.85. The van der Waals surface area contributed by atoms with Crippen LogP contribution < -0.4 is 4.90 Å². The van der Waals surface area contributed by atoms with Crippen molar-refractivity contribution in [2.75, 3.05) is 31.1 Å². The van der Waals surface area contributed by atoms with Crippen LogP contribution in [0.25, 0.3) is 11.1 Å². The lowest BCUT2D eigenvalue weighted by Gasteiger charge is -2.35. The van der Waals surface area contributed by atoms with Crippen LogP contribution in [0.1, 0.15) is 48.0 Å². The summed E-state index contributed by atoms with van der Waals surface area (Å²) in [6.45, 7) is 2.12. The van der Waals surface area contributed by atoms with Crippen molar-refractivity contribution in [3.05, 3.63) is 77.9 Å². The first-order valence-electron chi connectivity index (χ1n) is 12.8. The van der Waals surface area contributed by atoms with Crippen LogP contribution in [-0.2, 0) is 10.0 Å². The van der Waals surface area contributed by atoms with Crippen molar-refractivity contribution in [1.29, 1.82) is 0 Å². The van der Waals surface area contributed by atoms with Gasteiger partial charge in [0, 0.05) is 53.1 Å². The van der Waals surface area contributed by atoms with E-state index in [1.165, 1.54) is 32.1 Å². The predicted octanol–water partition coefficient (Wildman–Crippen LogP) is 5.83. The largest absolute Gasteiger partial charge is 0.369 e. The number of fused-ring (bicyclic) bond motifs is 3. The van der Waals surface area contributed by atoms with E-state index in [4.69, 9.17) is 0 Å². The SMILES string of the molecule is O=C1c2cc(SC3CCCCC3)ccc2-c2ccc(S(=O)(=O)N3CCN(c4ccccc4)CC3)cc21. The number of hydrogen-bond donors (Lipinski definition) is 0. The van der Waals surface area contributed by atoms with Crippen LogP contribution >= 0.6 is 11.8 Å². The van der Waals surface area contributed by atoms with E-state index < -0.39 is 10.0 Å². The monoisotopic (exact) mass is 518 g/mol. The molecule has 36 heavy (non-hydrogen) atoms. The number of carbonyl (C=O) groups is 1. The molecule has 3 aliphatic rings. The highest BCUT2D eigenvalue weighted by molar-refractivity contribution is 8.00. The van der Waals surface area contributed by atoms with Crippen molar-refractivity contribution >= 4 is 33.3 Å². The maximum absolute atomic E-state index is 13.5. The molecule has 0 amide bonds. The maximum atomic E-state index is 13.5. The fourth-order valence-corrected chi connectivity index (χ4v) is 8.36. The molecule has 0 spiro atoms. The first-order chi connectivity index (χ1) is 17.5. The molecule has 0 atom stereocenters. The number of ketones is 1. The van der Waals surface area contributed by atoms with Gasteiger partial charge in [-0.05, 0) is 60.4 Å². The summed E-state index contributed by atoms with van der Waals surface area (Å²) in [4.78, 5) is 16.9. The summed E-state index contributed by atoms with van der Waals surface area (Å²) in [5.41, 5.74) is 4.03. The van der Waals surface area contributed by atoms with Crippen LogP contribution in [0.5, 0.6) is 0 Å². The summed E-state index contributed by atoms with van der Waals surface area (Å²) in [5, 5.41) is 0.620. The predicted molar refractivity (Wildman–Crippen MR) is 145 cm³/mol. The Kier molecular flexibility index (Phi) is 6.40. The maximum Gasteiger partial charge on any atom is 0.243 e. The Hall–Kier alpha value is -2.61. The lowest BCUT2D eigenvalue weighted by atomic mass is 10.0. The Morgan fingerprint density at radius 1 is 0.722 bits per heavy atom. The van der Waals surface area contributed by atoms with E-state index in [0.717, 1.165) is 21.7 Å². The number of benzene rings is 3. The van der Waals surface area contributed by atoms with Gasteiger partial charge in [0.1, 0.15) is 0 Å². The third-order valence-corrected chi connectivity index (χ3v) is 10.8. The summed E-state index contributed by atoms with van der Waals surface area (Å²) in [6, 6.07) is 21.3. The molecule has 3 aromatic carbocycles. The van der Waals surface area contributed by atoms with Crippen LogP contribution in [0.3, 0.4) is 0 Å². The van der Waals surface area contributed by atoms with Gasteiger partial charge in [-0.15, -0.1) is 11.8 Å². The smallest absolute Gasteiger partial charge is 0.243 e. The number of nitrogens with zero attached hydrogens (tertiary/aromatic N) is 2. The summed E-state index contributed by atoms with van der Waals surface area (Å²) >= 11 is 1.88. The van der Waals surface area contributed by atoms with Crippen LogP contribution in [0.2, 0.25) is 0 Å². The minimum atomic E-state index is -3.68. The highest BCUT2D eigenvalue weighted by atomic mass is 32.2. The summed E-state index contributed by atoms with van der Waals surface area (Å²) < 4.78 is 28.5. The molecule has 1 saturated carbocycles. The van der Waals surface area contributed by atoms with Gasteiger partial charge in [-0.3, -0.25) is 4.79 Å². The molecule has 0 aromatic heterocycles. The molecule has 6 rings (SSSR count). The molecule has 3 aromatic rings. The molecule has 7 heteroatoms. The van der Waals surface area contributed by atoms with Crippen molar-refractivity contribution in [1.82, 2.24) is 4.31 Å². The summed E-state index contributed by atoms with van der Waals surface area (Å²) in [6.07, 6.45) is 6.35. The second kappa shape index (κ2) is 9.69. The lowest BCUT2D eigenvalue weighted by molar-refractivity contribution is 0.104. The standard InChI is InChI=1S/C29H30N2O3S2/c32-29-27-19-23(35-22-9-5-2-6-10-22)11-13-25(27)26-14-12-24(20-28(26)29)36(33,34)31-17-15-30(16-18-31)21-7-3-1-4-8-21/h1,3-4,7-8,11-14,19-20,22H,2,5-6,9-10,15-18H2. The average molecular weight is 519 g/mol. The fourth-order valence-electron chi connectivity index (χ4n) is 5.62. The second-order valence-corrected chi connectivity index (χ2v) is 13.2. The Balaban J connectivity index is 1.20. The van der Waals surface area contributed by atoms with Crippen molar-refractivity contribution in [3.8, 4) is 11.1 Å². The topological polar surface area (TPSA) is 57.7 Å². The highest BCUT2D eigenvalue weighted by Gasteiger charge is 2.33. The van der Waals surface area contributed by atoms with Gasteiger partial charge < -0.3 is 4.90 Å². The van der Waals surface area contributed by atoms with E-state index >= 15 is 0 Å². The molecule has 1 aliphatic heterocycles. The number of carbonyl (C=O) groups excluding carboxylic acids is 1. The minimum absolute atomic E-state index is 0.0722. The molecule has 1 heterocycles. The summed E-state index contributed by atoms with van der Waals surface area (Å²) in [7, 11) is -3.68. The van der Waals surface area contributed by atoms with Crippen molar-refractivity contribution in [2.45, 2.75) is 47.1 Å². The molecule has 0 bridgehead atoms. The zero-order valence-corrected chi connectivity index (χ0v) is 21.9. The molecule has 2 fully saturated rings. The number of para-hydroxylation sites is 1. The zero-order chi connectivity index (χ0) is 24.7. The first-order valence-corrected chi connectivity index (χ1v) is 15.1. The van der Waals surface area contributed by atoms with E-state index in [-0.39, 0.29) is 10.7 Å². The third kappa shape index (κ3) is 4.38. The average Bonchev–Trinajstić information content (AvgIpc) is 3.20. The molecule has 0 N–H and O–H groups in total. The van der Waals surface area contributed by atoms with E-state index in [2.05, 4.69) is 11.0 Å². The normalized spacial score (nSPS) is 18.8. The van der Waals surface area contributed by atoms with Crippen molar-refractivity contribution in [3.63, 3.8) is 0 Å². The van der Waals surface area contributed by atoms with Gasteiger partial charge in [0.05, 0.1) is 4.90 Å². The van der Waals surface area contributed by atoms with E-state index in [1.54, 1.807) is 22.5 Å². The summed E-state index contributed by atoms with van der Waals surface area (Å²) in [5.74, 6) is -0.0722. The Bertz CT molecular complexity index is 1390. The highest BCUT2D eigenvalue weighted by Crippen LogP contribution is 2.41. The quantitative estimate of drug-likeness (QED) is 0.333. The minimum Gasteiger partial charge on any atom is -0.369 e. The number of piperazine rings is 1. The Morgan fingerprint density at radius 2 is 1.39 bits per heavy atom. The number of anilines is 1. The molecule has 1 saturated heterocycles. The number of sulfonamides is 1. The lowest BCUT2D eigenvalue weighted by Crippen LogP contribution is -2.48. The van der Waals surface area contributed by atoms with Crippen molar-refractivity contribution < 1.29 is 13.2 Å². The first kappa shape index (κ1) is 23.8. The number of thioether (sulfide) groups is 1.